The third-order valence-electron chi connectivity index (χ3n) is 4.23. The molecular formula is C22H21N3O3. The number of rotatable bonds is 5. The molecule has 0 atom stereocenters. The summed E-state index contributed by atoms with van der Waals surface area (Å²) in [6.07, 6.45) is 3.17. The minimum absolute atomic E-state index is 0.289. The number of carbonyl (C=O) groups excluding carboxylic acids is 2. The van der Waals surface area contributed by atoms with E-state index in [4.69, 9.17) is 0 Å². The molecule has 0 radical (unpaired) electrons. The first-order valence-electron chi connectivity index (χ1n) is 8.75. The van der Waals surface area contributed by atoms with E-state index >= 15 is 0 Å². The number of aromatic nitrogens is 1. The zero-order valence-electron chi connectivity index (χ0n) is 15.9. The normalized spacial score (nSPS) is 10.2. The highest BCUT2D eigenvalue weighted by molar-refractivity contribution is 6.04. The molecule has 142 valence electrons. The van der Waals surface area contributed by atoms with Crippen LogP contribution in [-0.2, 0) is 4.74 Å². The maximum atomic E-state index is 12.5. The van der Waals surface area contributed by atoms with E-state index in [1.165, 1.54) is 18.9 Å². The number of nitrogens with zero attached hydrogens (tertiary/aromatic N) is 1. The molecule has 0 unspecified atom stereocenters. The van der Waals surface area contributed by atoms with E-state index in [-0.39, 0.29) is 5.91 Å². The SMILES string of the molecule is COC(=O)c1ccc(NC(=O)c2cncc(Nc3ccc(C)cc3C)c2)cc1. The Labute approximate surface area is 163 Å². The van der Waals surface area contributed by atoms with Gasteiger partial charge in [-0.15, -0.1) is 0 Å². The number of nitrogens with one attached hydrogen (secondary N) is 2. The van der Waals surface area contributed by atoms with Crippen molar-refractivity contribution in [2.75, 3.05) is 17.7 Å². The van der Waals surface area contributed by atoms with Crippen LogP contribution in [0.5, 0.6) is 0 Å². The highest BCUT2D eigenvalue weighted by Gasteiger charge is 2.10. The van der Waals surface area contributed by atoms with Crippen molar-refractivity contribution >= 4 is 28.9 Å². The van der Waals surface area contributed by atoms with Gasteiger partial charge in [0, 0.05) is 17.6 Å². The van der Waals surface area contributed by atoms with Crippen LogP contribution in [0.4, 0.5) is 17.1 Å². The Morgan fingerprint density at radius 3 is 2.32 bits per heavy atom. The molecule has 0 fully saturated rings. The summed E-state index contributed by atoms with van der Waals surface area (Å²) in [5.41, 5.74) is 5.40. The molecule has 0 aliphatic heterocycles. The highest BCUT2D eigenvalue weighted by Crippen LogP contribution is 2.22. The van der Waals surface area contributed by atoms with Gasteiger partial charge in [-0.2, -0.15) is 0 Å². The van der Waals surface area contributed by atoms with Crippen LogP contribution in [0.1, 0.15) is 31.8 Å². The highest BCUT2D eigenvalue weighted by atomic mass is 16.5. The van der Waals surface area contributed by atoms with Crippen LogP contribution in [0, 0.1) is 13.8 Å². The van der Waals surface area contributed by atoms with Crippen molar-refractivity contribution in [3.05, 3.63) is 83.2 Å². The van der Waals surface area contributed by atoms with Gasteiger partial charge in [0.1, 0.15) is 0 Å². The standard InChI is InChI=1S/C22H21N3O3/c1-14-4-9-20(15(2)10-14)24-19-11-17(12-23-13-19)21(26)25-18-7-5-16(6-8-18)22(27)28-3/h4-13,24H,1-3H3,(H,25,26). The minimum atomic E-state index is -0.424. The van der Waals surface area contributed by atoms with Crippen molar-refractivity contribution in [3.8, 4) is 0 Å². The fourth-order valence-corrected chi connectivity index (χ4v) is 2.75. The third-order valence-corrected chi connectivity index (χ3v) is 4.23. The molecule has 1 heterocycles. The molecule has 0 saturated carbocycles. The number of aryl methyl sites for hydroxylation is 2. The van der Waals surface area contributed by atoms with Crippen LogP contribution in [-0.4, -0.2) is 24.0 Å². The number of pyridine rings is 1. The lowest BCUT2D eigenvalue weighted by Crippen LogP contribution is -2.12. The van der Waals surface area contributed by atoms with Gasteiger partial charge >= 0.3 is 5.97 Å². The van der Waals surface area contributed by atoms with E-state index in [0.717, 1.165) is 16.9 Å². The number of hydrogen-bond acceptors (Lipinski definition) is 5. The lowest BCUT2D eigenvalue weighted by Gasteiger charge is -2.11. The summed E-state index contributed by atoms with van der Waals surface area (Å²) in [7, 11) is 1.32. The molecule has 2 aromatic carbocycles. The molecule has 3 rings (SSSR count). The molecule has 0 bridgehead atoms. The van der Waals surface area contributed by atoms with E-state index in [1.54, 1.807) is 36.5 Å². The number of carbonyl (C=O) groups is 2. The molecule has 28 heavy (non-hydrogen) atoms. The number of amides is 1. The van der Waals surface area contributed by atoms with Crippen molar-refractivity contribution in [2.24, 2.45) is 0 Å². The summed E-state index contributed by atoms with van der Waals surface area (Å²) in [6.45, 7) is 4.07. The van der Waals surface area contributed by atoms with E-state index in [1.807, 2.05) is 26.0 Å². The van der Waals surface area contributed by atoms with Gasteiger partial charge in [-0.3, -0.25) is 9.78 Å². The van der Waals surface area contributed by atoms with E-state index in [9.17, 15) is 9.59 Å². The fraction of sp³-hybridized carbons (Fsp3) is 0.136. The predicted octanol–water partition coefficient (Wildman–Crippen LogP) is 4.48. The van der Waals surface area contributed by atoms with E-state index in [2.05, 4.69) is 26.4 Å². The minimum Gasteiger partial charge on any atom is -0.465 e. The van der Waals surface area contributed by atoms with Gasteiger partial charge in [0.15, 0.2) is 0 Å². The number of methoxy groups -OCH3 is 1. The van der Waals surface area contributed by atoms with E-state index in [0.29, 0.717) is 16.8 Å². The molecule has 2 N–H and O–H groups in total. The quantitative estimate of drug-likeness (QED) is 0.643. The van der Waals surface area contributed by atoms with Gasteiger partial charge in [-0.05, 0) is 55.8 Å². The first-order chi connectivity index (χ1) is 13.5. The van der Waals surface area contributed by atoms with Crippen molar-refractivity contribution in [3.63, 3.8) is 0 Å². The molecule has 3 aromatic rings. The lowest BCUT2D eigenvalue weighted by atomic mass is 10.1. The number of ether oxygens (including phenoxy) is 1. The van der Waals surface area contributed by atoms with Gasteiger partial charge < -0.3 is 15.4 Å². The summed E-state index contributed by atoms with van der Waals surface area (Å²) < 4.78 is 4.66. The summed E-state index contributed by atoms with van der Waals surface area (Å²) in [4.78, 5) is 28.2. The zero-order chi connectivity index (χ0) is 20.1. The van der Waals surface area contributed by atoms with Crippen LogP contribution in [0.2, 0.25) is 0 Å². The Bertz CT molecular complexity index is 1010. The molecular weight excluding hydrogens is 354 g/mol. The molecule has 0 saturated heterocycles. The maximum Gasteiger partial charge on any atom is 0.337 e. The van der Waals surface area contributed by atoms with Crippen LogP contribution >= 0.6 is 0 Å². The summed E-state index contributed by atoms with van der Waals surface area (Å²) in [6, 6.07) is 14.3. The monoisotopic (exact) mass is 375 g/mol. The largest absolute Gasteiger partial charge is 0.465 e. The van der Waals surface area contributed by atoms with Crippen molar-refractivity contribution in [1.29, 1.82) is 0 Å². The first-order valence-corrected chi connectivity index (χ1v) is 8.75. The van der Waals surface area contributed by atoms with Gasteiger partial charge in [-0.25, -0.2) is 4.79 Å². The second-order valence-electron chi connectivity index (χ2n) is 6.43. The summed E-state index contributed by atoms with van der Waals surface area (Å²) in [5, 5.41) is 6.08. The molecule has 0 spiro atoms. The second kappa shape index (κ2) is 8.35. The van der Waals surface area contributed by atoms with Crippen LogP contribution < -0.4 is 10.6 Å². The average molecular weight is 375 g/mol. The molecule has 6 nitrogen and oxygen atoms in total. The van der Waals surface area contributed by atoms with Crippen molar-refractivity contribution in [1.82, 2.24) is 4.98 Å². The van der Waals surface area contributed by atoms with E-state index < -0.39 is 5.97 Å². The smallest absolute Gasteiger partial charge is 0.337 e. The topological polar surface area (TPSA) is 80.3 Å². The van der Waals surface area contributed by atoms with Crippen LogP contribution in [0.25, 0.3) is 0 Å². The number of anilines is 3. The Morgan fingerprint density at radius 2 is 1.64 bits per heavy atom. The van der Waals surface area contributed by atoms with Crippen molar-refractivity contribution < 1.29 is 14.3 Å². The molecule has 1 amide bonds. The van der Waals surface area contributed by atoms with Crippen LogP contribution in [0.3, 0.4) is 0 Å². The zero-order valence-corrected chi connectivity index (χ0v) is 15.9. The number of benzene rings is 2. The maximum absolute atomic E-state index is 12.5. The van der Waals surface area contributed by atoms with Crippen LogP contribution in [0.15, 0.2) is 60.9 Å². The lowest BCUT2D eigenvalue weighted by molar-refractivity contribution is 0.0600. The van der Waals surface area contributed by atoms with Gasteiger partial charge in [0.2, 0.25) is 0 Å². The third kappa shape index (κ3) is 4.54. The first kappa shape index (κ1) is 19.1. The van der Waals surface area contributed by atoms with Gasteiger partial charge in [-0.1, -0.05) is 17.7 Å². The average Bonchev–Trinajstić information content (AvgIpc) is 2.70. The predicted molar refractivity (Wildman–Crippen MR) is 109 cm³/mol. The van der Waals surface area contributed by atoms with Gasteiger partial charge in [0.05, 0.1) is 30.1 Å². The van der Waals surface area contributed by atoms with Gasteiger partial charge in [0.25, 0.3) is 5.91 Å². The molecule has 0 aliphatic carbocycles. The van der Waals surface area contributed by atoms with Crippen molar-refractivity contribution in [2.45, 2.75) is 13.8 Å². The molecule has 1 aromatic heterocycles. The summed E-state index contributed by atoms with van der Waals surface area (Å²) in [5.74, 6) is -0.713. The Balaban J connectivity index is 1.72. The number of esters is 1. The summed E-state index contributed by atoms with van der Waals surface area (Å²) >= 11 is 0. The Hall–Kier alpha value is -3.67. The number of hydrogen-bond donors (Lipinski definition) is 2. The fourth-order valence-electron chi connectivity index (χ4n) is 2.75. The molecule has 0 aliphatic rings. The second-order valence-corrected chi connectivity index (χ2v) is 6.43. The Kier molecular flexibility index (Phi) is 5.69. The Morgan fingerprint density at radius 1 is 0.893 bits per heavy atom. The molecule has 6 heteroatoms.